The number of amides is 1. The molecule has 1 aliphatic carbocycles. The lowest BCUT2D eigenvalue weighted by molar-refractivity contribution is -0.122. The fraction of sp³-hybridized carbons (Fsp3) is 0.529. The van der Waals surface area contributed by atoms with E-state index >= 15 is 0 Å². The van der Waals surface area contributed by atoms with E-state index in [0.717, 1.165) is 19.3 Å². The van der Waals surface area contributed by atoms with Crippen molar-refractivity contribution in [1.82, 2.24) is 5.43 Å². The van der Waals surface area contributed by atoms with Crippen LogP contribution >= 0.6 is 0 Å². The second-order valence-electron chi connectivity index (χ2n) is 5.50. The van der Waals surface area contributed by atoms with E-state index in [1.807, 2.05) is 24.4 Å². The average molecular weight is 272 g/mol. The molecule has 0 spiro atoms. The Hall–Kier alpha value is -1.64. The molecule has 1 amide bonds. The molecule has 1 aromatic rings. The molecule has 3 nitrogen and oxygen atoms in total. The van der Waals surface area contributed by atoms with Crippen LogP contribution in [-0.2, 0) is 4.79 Å². The first-order valence-electron chi connectivity index (χ1n) is 7.69. The van der Waals surface area contributed by atoms with Gasteiger partial charge in [-0.15, -0.1) is 0 Å². The molecule has 0 bridgehead atoms. The zero-order chi connectivity index (χ0) is 14.2. The summed E-state index contributed by atoms with van der Waals surface area (Å²) in [6.07, 6.45) is 8.65. The number of nitrogens with zero attached hydrogens (tertiary/aromatic N) is 1. The van der Waals surface area contributed by atoms with E-state index in [2.05, 4.69) is 29.6 Å². The van der Waals surface area contributed by atoms with E-state index in [0.29, 0.717) is 5.92 Å². The molecule has 0 radical (unpaired) electrons. The van der Waals surface area contributed by atoms with Crippen LogP contribution in [-0.4, -0.2) is 12.1 Å². The molecule has 1 aromatic carbocycles. The lowest BCUT2D eigenvalue weighted by atomic mass is 10.1. The van der Waals surface area contributed by atoms with E-state index in [9.17, 15) is 4.79 Å². The van der Waals surface area contributed by atoms with Gasteiger partial charge in [-0.1, -0.05) is 56.5 Å². The number of hydrazone groups is 1. The van der Waals surface area contributed by atoms with Crippen LogP contribution in [0.5, 0.6) is 0 Å². The molecule has 2 rings (SSSR count). The van der Waals surface area contributed by atoms with E-state index in [1.165, 1.54) is 24.8 Å². The standard InChI is InChI=1S/C17H24N2O/c1-2-3-4-5-9-12-18-19-17(20)16-13-15(16)14-10-7-6-8-11-14/h6-8,10-12,15-16H,2-5,9,13H2,1H3,(H,19,20)/b18-12-/t15-,16-/m0/s1. The largest absolute Gasteiger partial charge is 0.273 e. The monoisotopic (exact) mass is 272 g/mol. The van der Waals surface area contributed by atoms with Crippen molar-refractivity contribution in [1.29, 1.82) is 0 Å². The van der Waals surface area contributed by atoms with Crippen LogP contribution in [0.4, 0.5) is 0 Å². The molecule has 1 N–H and O–H groups in total. The minimum absolute atomic E-state index is 0.0589. The average Bonchev–Trinajstić information content (AvgIpc) is 3.27. The van der Waals surface area contributed by atoms with Crippen molar-refractivity contribution in [2.75, 3.05) is 0 Å². The summed E-state index contributed by atoms with van der Waals surface area (Å²) >= 11 is 0. The Kier molecular flexibility index (Phi) is 5.78. The molecule has 20 heavy (non-hydrogen) atoms. The zero-order valence-electron chi connectivity index (χ0n) is 12.2. The molecule has 0 saturated heterocycles. The van der Waals surface area contributed by atoms with Gasteiger partial charge in [-0.3, -0.25) is 4.79 Å². The molecular formula is C17H24N2O. The number of unbranched alkanes of at least 4 members (excludes halogenated alkanes) is 4. The van der Waals surface area contributed by atoms with Gasteiger partial charge in [-0.05, 0) is 30.7 Å². The molecule has 1 fully saturated rings. The Balaban J connectivity index is 1.63. The van der Waals surface area contributed by atoms with Gasteiger partial charge in [0.1, 0.15) is 0 Å². The SMILES string of the molecule is CCCCCC/C=N\NC(=O)[C@H]1C[C@H]1c1ccccc1. The van der Waals surface area contributed by atoms with E-state index in [-0.39, 0.29) is 11.8 Å². The van der Waals surface area contributed by atoms with Gasteiger partial charge >= 0.3 is 0 Å². The molecule has 3 heteroatoms. The highest BCUT2D eigenvalue weighted by molar-refractivity contribution is 5.83. The Labute approximate surface area is 121 Å². The third-order valence-electron chi connectivity index (χ3n) is 3.81. The number of nitrogens with one attached hydrogen (secondary N) is 1. The highest BCUT2D eigenvalue weighted by Crippen LogP contribution is 2.47. The van der Waals surface area contributed by atoms with Crippen molar-refractivity contribution in [3.05, 3.63) is 35.9 Å². The van der Waals surface area contributed by atoms with Crippen LogP contribution in [0.2, 0.25) is 0 Å². The normalized spacial score (nSPS) is 21.1. The minimum Gasteiger partial charge on any atom is -0.273 e. The summed E-state index contributed by atoms with van der Waals surface area (Å²) in [5.41, 5.74) is 3.93. The first-order chi connectivity index (χ1) is 9.83. The van der Waals surface area contributed by atoms with E-state index < -0.39 is 0 Å². The molecule has 108 valence electrons. The molecular weight excluding hydrogens is 248 g/mol. The Morgan fingerprint density at radius 1 is 1.30 bits per heavy atom. The van der Waals surface area contributed by atoms with Gasteiger partial charge in [0.2, 0.25) is 5.91 Å². The van der Waals surface area contributed by atoms with Gasteiger partial charge in [-0.25, -0.2) is 5.43 Å². The first-order valence-corrected chi connectivity index (χ1v) is 7.69. The number of hydrogen-bond donors (Lipinski definition) is 1. The summed E-state index contributed by atoms with van der Waals surface area (Å²) in [7, 11) is 0. The summed E-state index contributed by atoms with van der Waals surface area (Å²) in [6, 6.07) is 10.2. The van der Waals surface area contributed by atoms with Crippen LogP contribution in [0.25, 0.3) is 0 Å². The van der Waals surface area contributed by atoms with Crippen LogP contribution in [0.1, 0.15) is 56.9 Å². The summed E-state index contributed by atoms with van der Waals surface area (Å²) in [5.74, 6) is 0.550. The molecule has 0 aromatic heterocycles. The lowest BCUT2D eigenvalue weighted by Crippen LogP contribution is -2.19. The summed E-state index contributed by atoms with van der Waals surface area (Å²) in [6.45, 7) is 2.20. The van der Waals surface area contributed by atoms with Gasteiger partial charge in [0.15, 0.2) is 0 Å². The van der Waals surface area contributed by atoms with Gasteiger partial charge in [0.25, 0.3) is 0 Å². The van der Waals surface area contributed by atoms with Crippen molar-refractivity contribution in [2.45, 2.75) is 51.4 Å². The van der Waals surface area contributed by atoms with Crippen LogP contribution in [0.3, 0.4) is 0 Å². The number of hydrogen-bond acceptors (Lipinski definition) is 2. The predicted molar refractivity (Wildman–Crippen MR) is 82.7 cm³/mol. The maximum absolute atomic E-state index is 11.9. The first kappa shape index (κ1) is 14.8. The number of benzene rings is 1. The van der Waals surface area contributed by atoms with E-state index in [4.69, 9.17) is 0 Å². The van der Waals surface area contributed by atoms with Crippen LogP contribution < -0.4 is 5.43 Å². The predicted octanol–water partition coefficient (Wildman–Crippen LogP) is 3.86. The third-order valence-corrected chi connectivity index (χ3v) is 3.81. The maximum atomic E-state index is 11.9. The zero-order valence-corrected chi connectivity index (χ0v) is 12.2. The smallest absolute Gasteiger partial charge is 0.243 e. The van der Waals surface area contributed by atoms with Crippen molar-refractivity contribution in [3.8, 4) is 0 Å². The fourth-order valence-electron chi connectivity index (χ4n) is 2.47. The van der Waals surface area contributed by atoms with E-state index in [1.54, 1.807) is 0 Å². The summed E-state index contributed by atoms with van der Waals surface area (Å²) in [4.78, 5) is 11.9. The highest BCUT2D eigenvalue weighted by atomic mass is 16.2. The van der Waals surface area contributed by atoms with Crippen molar-refractivity contribution in [3.63, 3.8) is 0 Å². The van der Waals surface area contributed by atoms with Gasteiger partial charge in [-0.2, -0.15) is 5.10 Å². The Morgan fingerprint density at radius 3 is 2.85 bits per heavy atom. The molecule has 1 saturated carbocycles. The molecule has 0 aliphatic heterocycles. The highest BCUT2D eigenvalue weighted by Gasteiger charge is 2.43. The van der Waals surface area contributed by atoms with Crippen LogP contribution in [0.15, 0.2) is 35.4 Å². The van der Waals surface area contributed by atoms with Gasteiger partial charge < -0.3 is 0 Å². The second kappa shape index (κ2) is 7.83. The number of carbonyl (C=O) groups excluding carboxylic acids is 1. The van der Waals surface area contributed by atoms with Crippen molar-refractivity contribution < 1.29 is 4.79 Å². The third kappa shape index (κ3) is 4.48. The lowest BCUT2D eigenvalue weighted by Gasteiger charge is -2.00. The maximum Gasteiger partial charge on any atom is 0.243 e. The van der Waals surface area contributed by atoms with Crippen molar-refractivity contribution >= 4 is 12.1 Å². The van der Waals surface area contributed by atoms with Gasteiger partial charge in [0.05, 0.1) is 0 Å². The second-order valence-corrected chi connectivity index (χ2v) is 5.50. The van der Waals surface area contributed by atoms with Crippen LogP contribution in [0, 0.1) is 5.92 Å². The Bertz CT molecular complexity index is 442. The molecule has 1 aliphatic rings. The molecule has 2 atom stereocenters. The van der Waals surface area contributed by atoms with Crippen molar-refractivity contribution in [2.24, 2.45) is 11.0 Å². The minimum atomic E-state index is 0.0589. The summed E-state index contributed by atoms with van der Waals surface area (Å²) in [5, 5.41) is 4.03. The number of carbonyl (C=O) groups is 1. The Morgan fingerprint density at radius 2 is 2.10 bits per heavy atom. The summed E-state index contributed by atoms with van der Waals surface area (Å²) < 4.78 is 0. The molecule has 0 heterocycles. The molecule has 0 unspecified atom stereocenters. The fourth-order valence-corrected chi connectivity index (χ4v) is 2.47. The number of rotatable bonds is 8. The van der Waals surface area contributed by atoms with Gasteiger partial charge in [0, 0.05) is 12.1 Å². The quantitative estimate of drug-likeness (QED) is 0.436. The topological polar surface area (TPSA) is 41.5 Å².